The molecular weight excluding hydrogens is 599 g/mol. The minimum atomic E-state index is -2.71. The highest BCUT2D eigenvalue weighted by atomic mass is 35.5. The normalized spacial score (nSPS) is 14.2. The first-order valence-corrected chi connectivity index (χ1v) is 18.3. The van der Waals surface area contributed by atoms with Crippen LogP contribution in [-0.4, -0.2) is 33.0 Å². The number of fused-ring (bicyclic) bond motifs is 1. The Morgan fingerprint density at radius 1 is 0.773 bits per heavy atom. The van der Waals surface area contributed by atoms with E-state index < -0.39 is 8.32 Å². The first-order chi connectivity index (χ1) is 21.3. The predicted molar refractivity (Wildman–Crippen MR) is 191 cm³/mol. The zero-order valence-electron chi connectivity index (χ0n) is 25.8. The molecular formula is C38H40Cl2N2OSi. The van der Waals surface area contributed by atoms with E-state index in [9.17, 15) is 0 Å². The van der Waals surface area contributed by atoms with Crippen molar-refractivity contribution in [2.75, 3.05) is 24.6 Å². The van der Waals surface area contributed by atoms with Crippen LogP contribution in [0.4, 0.5) is 5.82 Å². The molecule has 1 aliphatic heterocycles. The van der Waals surface area contributed by atoms with Crippen molar-refractivity contribution in [3.63, 3.8) is 0 Å². The number of halogens is 2. The van der Waals surface area contributed by atoms with Gasteiger partial charge in [-0.3, -0.25) is 0 Å². The van der Waals surface area contributed by atoms with E-state index in [4.69, 9.17) is 32.6 Å². The van der Waals surface area contributed by atoms with Crippen molar-refractivity contribution in [3.8, 4) is 11.1 Å². The molecule has 0 aliphatic carbocycles. The SMILES string of the molecule is CC(C)(C)[Si](OCCc1c(N2CCCCC2)nc2ccc(Cl)cc2c1-c1ccccc1Cl)(c1ccccc1)c1ccccc1. The minimum Gasteiger partial charge on any atom is -0.407 e. The van der Waals surface area contributed by atoms with Gasteiger partial charge >= 0.3 is 0 Å². The quantitative estimate of drug-likeness (QED) is 0.158. The van der Waals surface area contributed by atoms with Gasteiger partial charge in [0.2, 0.25) is 0 Å². The van der Waals surface area contributed by atoms with Crippen LogP contribution in [0.25, 0.3) is 22.0 Å². The van der Waals surface area contributed by atoms with Crippen molar-refractivity contribution in [1.82, 2.24) is 4.98 Å². The summed E-state index contributed by atoms with van der Waals surface area (Å²) in [6, 6.07) is 35.8. The predicted octanol–water partition coefficient (Wildman–Crippen LogP) is 9.32. The smallest absolute Gasteiger partial charge is 0.261 e. The lowest BCUT2D eigenvalue weighted by Gasteiger charge is -2.43. The molecule has 0 N–H and O–H groups in total. The molecule has 1 aliphatic rings. The Balaban J connectivity index is 1.52. The molecule has 0 radical (unpaired) electrons. The van der Waals surface area contributed by atoms with Crippen molar-refractivity contribution < 1.29 is 4.43 Å². The maximum absolute atomic E-state index is 7.40. The average molecular weight is 640 g/mol. The highest BCUT2D eigenvalue weighted by Crippen LogP contribution is 2.42. The molecule has 2 heterocycles. The van der Waals surface area contributed by atoms with E-state index in [1.54, 1.807) is 0 Å². The van der Waals surface area contributed by atoms with Crippen molar-refractivity contribution in [2.24, 2.45) is 0 Å². The molecule has 3 nitrogen and oxygen atoms in total. The Labute approximate surface area is 272 Å². The van der Waals surface area contributed by atoms with Gasteiger partial charge in [-0.1, -0.05) is 123 Å². The second kappa shape index (κ2) is 13.1. The third-order valence-electron chi connectivity index (χ3n) is 8.91. The molecule has 226 valence electrons. The van der Waals surface area contributed by atoms with E-state index in [1.165, 1.54) is 35.2 Å². The fraction of sp³-hybridized carbons (Fsp3) is 0.289. The molecule has 5 aromatic rings. The minimum absolute atomic E-state index is 0.105. The molecule has 0 bridgehead atoms. The fourth-order valence-electron chi connectivity index (χ4n) is 6.91. The summed E-state index contributed by atoms with van der Waals surface area (Å²) in [4.78, 5) is 7.78. The Hall–Kier alpha value is -3.15. The number of benzene rings is 4. The molecule has 6 rings (SSSR count). The summed E-state index contributed by atoms with van der Waals surface area (Å²) in [5.41, 5.74) is 4.21. The Kier molecular flexibility index (Phi) is 9.16. The molecule has 0 atom stereocenters. The van der Waals surface area contributed by atoms with Gasteiger partial charge in [0.1, 0.15) is 5.82 Å². The summed E-state index contributed by atoms with van der Waals surface area (Å²) in [6.45, 7) is 9.53. The molecule has 0 saturated carbocycles. The Morgan fingerprint density at radius 3 is 2.00 bits per heavy atom. The first kappa shape index (κ1) is 30.9. The second-order valence-electron chi connectivity index (χ2n) is 12.7. The highest BCUT2D eigenvalue weighted by molar-refractivity contribution is 6.99. The molecule has 1 aromatic heterocycles. The second-order valence-corrected chi connectivity index (χ2v) is 17.9. The summed E-state index contributed by atoms with van der Waals surface area (Å²) < 4.78 is 7.40. The first-order valence-electron chi connectivity index (χ1n) is 15.7. The van der Waals surface area contributed by atoms with E-state index in [-0.39, 0.29) is 5.04 Å². The number of nitrogens with zero attached hydrogens (tertiary/aromatic N) is 2. The number of hydrogen-bond acceptors (Lipinski definition) is 3. The van der Waals surface area contributed by atoms with E-state index in [2.05, 4.69) is 98.5 Å². The number of hydrogen-bond donors (Lipinski definition) is 0. The number of anilines is 1. The monoisotopic (exact) mass is 638 g/mol. The van der Waals surface area contributed by atoms with Gasteiger partial charge in [0, 0.05) is 46.3 Å². The summed E-state index contributed by atoms with van der Waals surface area (Å²) in [7, 11) is -2.71. The van der Waals surface area contributed by atoms with Gasteiger partial charge in [0.05, 0.1) is 5.52 Å². The van der Waals surface area contributed by atoms with E-state index >= 15 is 0 Å². The molecule has 0 spiro atoms. The Bertz CT molecular complexity index is 1690. The van der Waals surface area contributed by atoms with E-state index in [0.29, 0.717) is 18.1 Å². The lowest BCUT2D eigenvalue weighted by Crippen LogP contribution is -2.66. The molecule has 0 unspecified atom stereocenters. The number of rotatable bonds is 8. The van der Waals surface area contributed by atoms with Crippen molar-refractivity contribution in [1.29, 1.82) is 0 Å². The van der Waals surface area contributed by atoms with Gasteiger partial charge in [-0.2, -0.15) is 0 Å². The third-order valence-corrected chi connectivity index (χ3v) is 14.5. The van der Waals surface area contributed by atoms with Gasteiger partial charge in [0.15, 0.2) is 0 Å². The maximum Gasteiger partial charge on any atom is 0.261 e. The zero-order valence-corrected chi connectivity index (χ0v) is 28.3. The van der Waals surface area contributed by atoms with Crippen LogP contribution in [0.15, 0.2) is 103 Å². The van der Waals surface area contributed by atoms with Crippen LogP contribution >= 0.6 is 23.2 Å². The van der Waals surface area contributed by atoms with Crippen LogP contribution in [0.1, 0.15) is 45.6 Å². The van der Waals surface area contributed by atoms with Crippen molar-refractivity contribution in [2.45, 2.75) is 51.5 Å². The topological polar surface area (TPSA) is 25.4 Å². The van der Waals surface area contributed by atoms with Crippen molar-refractivity contribution in [3.05, 3.63) is 119 Å². The summed E-state index contributed by atoms with van der Waals surface area (Å²) in [6.07, 6.45) is 4.29. The van der Waals surface area contributed by atoms with E-state index in [0.717, 1.165) is 46.0 Å². The molecule has 1 saturated heterocycles. The van der Waals surface area contributed by atoms with Gasteiger partial charge in [-0.25, -0.2) is 4.98 Å². The van der Waals surface area contributed by atoms with Crippen LogP contribution in [0.3, 0.4) is 0 Å². The van der Waals surface area contributed by atoms with Gasteiger partial charge in [0.25, 0.3) is 8.32 Å². The van der Waals surface area contributed by atoms with Crippen LogP contribution in [-0.2, 0) is 10.8 Å². The summed E-state index contributed by atoms with van der Waals surface area (Å²) in [5, 5.41) is 4.89. The largest absolute Gasteiger partial charge is 0.407 e. The zero-order chi connectivity index (χ0) is 30.7. The van der Waals surface area contributed by atoms with E-state index in [1.807, 2.05) is 30.3 Å². The highest BCUT2D eigenvalue weighted by Gasteiger charge is 2.50. The summed E-state index contributed by atoms with van der Waals surface area (Å²) >= 11 is 13.6. The Morgan fingerprint density at radius 2 is 1.39 bits per heavy atom. The maximum atomic E-state index is 7.40. The molecule has 1 fully saturated rings. The number of piperidine rings is 1. The van der Waals surface area contributed by atoms with Crippen LogP contribution in [0, 0.1) is 0 Å². The molecule has 44 heavy (non-hydrogen) atoms. The van der Waals surface area contributed by atoms with Crippen LogP contribution in [0.5, 0.6) is 0 Å². The number of pyridine rings is 1. The van der Waals surface area contributed by atoms with Gasteiger partial charge < -0.3 is 9.33 Å². The van der Waals surface area contributed by atoms with Gasteiger partial charge in [-0.05, 0) is 70.9 Å². The van der Waals surface area contributed by atoms with Crippen LogP contribution in [0.2, 0.25) is 15.1 Å². The van der Waals surface area contributed by atoms with Crippen LogP contribution < -0.4 is 15.3 Å². The standard InChI is InChI=1S/C38H40Cl2N2OSi/c1-38(2,3)44(29-15-7-4-8-16-29,30-17-9-5-10-18-30)43-26-23-32-36(31-19-11-12-20-34(31)40)33-27-28(39)21-22-35(33)41-37(32)42-24-13-6-14-25-42/h4-5,7-12,15-22,27H,6,13-14,23-26H2,1-3H3. The summed E-state index contributed by atoms with van der Waals surface area (Å²) in [5.74, 6) is 1.04. The average Bonchev–Trinajstić information content (AvgIpc) is 3.04. The fourth-order valence-corrected chi connectivity index (χ4v) is 11.9. The molecule has 6 heteroatoms. The third kappa shape index (κ3) is 5.93. The molecule has 4 aromatic carbocycles. The lowest BCUT2D eigenvalue weighted by molar-refractivity contribution is 0.302. The van der Waals surface area contributed by atoms with Gasteiger partial charge in [-0.15, -0.1) is 0 Å². The van der Waals surface area contributed by atoms with Crippen molar-refractivity contribution >= 4 is 58.6 Å². The lowest BCUT2D eigenvalue weighted by atomic mass is 9.93. The number of aromatic nitrogens is 1. The molecule has 0 amide bonds.